The number of halogens is 3. The summed E-state index contributed by atoms with van der Waals surface area (Å²) in [6.07, 6.45) is 0. The van der Waals surface area contributed by atoms with Crippen LogP contribution in [-0.4, -0.2) is 31.1 Å². The molecule has 0 saturated carbocycles. The quantitative estimate of drug-likeness (QED) is 0.865. The van der Waals surface area contributed by atoms with E-state index in [0.717, 1.165) is 31.2 Å². The summed E-state index contributed by atoms with van der Waals surface area (Å²) < 4.78 is 0. The second-order valence-corrected chi connectivity index (χ2v) is 6.67. The van der Waals surface area contributed by atoms with Gasteiger partial charge in [0.15, 0.2) is 0 Å². The van der Waals surface area contributed by atoms with Gasteiger partial charge in [-0.3, -0.25) is 4.90 Å². The number of rotatable bonds is 3. The number of nitrogens with zero attached hydrogens (tertiary/aromatic N) is 1. The largest absolute Gasteiger partial charge is 0.314 e. The number of hydrogen-bond donors (Lipinski definition) is 1. The van der Waals surface area contributed by atoms with Crippen LogP contribution in [-0.2, 0) is 0 Å². The highest BCUT2D eigenvalue weighted by molar-refractivity contribution is 7.12. The lowest BCUT2D eigenvalue weighted by molar-refractivity contribution is 0.203. The first-order valence-corrected chi connectivity index (χ1v) is 8.21. The highest BCUT2D eigenvalue weighted by Crippen LogP contribution is 2.38. The van der Waals surface area contributed by atoms with Crippen LogP contribution in [0, 0.1) is 0 Å². The van der Waals surface area contributed by atoms with E-state index >= 15 is 0 Å². The van der Waals surface area contributed by atoms with Crippen molar-refractivity contribution in [3.63, 3.8) is 0 Å². The molecule has 2 aromatic heterocycles. The molecule has 1 saturated heterocycles. The van der Waals surface area contributed by atoms with Gasteiger partial charge in [0, 0.05) is 35.9 Å². The van der Waals surface area contributed by atoms with E-state index in [1.54, 1.807) is 11.3 Å². The Bertz CT molecular complexity index is 495. The molecule has 0 amide bonds. The minimum Gasteiger partial charge on any atom is -0.314 e. The predicted molar refractivity (Wildman–Crippen MR) is 94.4 cm³/mol. The van der Waals surface area contributed by atoms with Crippen LogP contribution >= 0.6 is 59.1 Å². The van der Waals surface area contributed by atoms with Gasteiger partial charge in [-0.2, -0.15) is 0 Å². The van der Waals surface area contributed by atoms with Gasteiger partial charge in [0.1, 0.15) is 0 Å². The summed E-state index contributed by atoms with van der Waals surface area (Å²) in [5.41, 5.74) is 0. The average molecular weight is 372 g/mol. The van der Waals surface area contributed by atoms with Crippen LogP contribution in [0.25, 0.3) is 0 Å². The highest BCUT2D eigenvalue weighted by Gasteiger charge is 2.27. The van der Waals surface area contributed by atoms with Crippen LogP contribution < -0.4 is 5.32 Å². The summed E-state index contributed by atoms with van der Waals surface area (Å²) in [5.74, 6) is 0. The molecule has 1 atom stereocenters. The van der Waals surface area contributed by atoms with E-state index in [4.69, 9.17) is 11.6 Å². The Morgan fingerprint density at radius 2 is 1.85 bits per heavy atom. The van der Waals surface area contributed by atoms with Gasteiger partial charge >= 0.3 is 0 Å². The standard InChI is InChI=1S/C13H15ClN2S2.2ClH/c14-10-3-9-18-13(10)12(11-2-1-8-17-11)16-6-4-15-5-7-16;;/h1-3,8-9,12,15H,4-7H2;2*1H/t12-;;/m1../s1. The van der Waals surface area contributed by atoms with Crippen molar-refractivity contribution in [1.82, 2.24) is 10.2 Å². The summed E-state index contributed by atoms with van der Waals surface area (Å²) in [4.78, 5) is 5.20. The van der Waals surface area contributed by atoms with E-state index in [2.05, 4.69) is 33.1 Å². The Morgan fingerprint density at radius 1 is 1.10 bits per heavy atom. The van der Waals surface area contributed by atoms with E-state index in [0.29, 0.717) is 6.04 Å². The van der Waals surface area contributed by atoms with Gasteiger partial charge in [-0.15, -0.1) is 47.5 Å². The summed E-state index contributed by atoms with van der Waals surface area (Å²) in [6, 6.07) is 6.67. The van der Waals surface area contributed by atoms with Crippen molar-refractivity contribution in [2.24, 2.45) is 0 Å². The molecule has 112 valence electrons. The van der Waals surface area contributed by atoms with Crippen molar-refractivity contribution in [2.75, 3.05) is 26.2 Å². The van der Waals surface area contributed by atoms with E-state index in [-0.39, 0.29) is 24.8 Å². The van der Waals surface area contributed by atoms with Crippen molar-refractivity contribution in [3.05, 3.63) is 43.7 Å². The molecule has 1 fully saturated rings. The topological polar surface area (TPSA) is 15.3 Å². The van der Waals surface area contributed by atoms with Crippen molar-refractivity contribution in [3.8, 4) is 0 Å². The molecule has 0 spiro atoms. The van der Waals surface area contributed by atoms with Crippen molar-refractivity contribution in [1.29, 1.82) is 0 Å². The first kappa shape index (κ1) is 18.2. The lowest BCUT2D eigenvalue weighted by Gasteiger charge is -2.34. The minimum atomic E-state index is 0. The first-order valence-electron chi connectivity index (χ1n) is 6.07. The maximum Gasteiger partial charge on any atom is 0.0805 e. The molecule has 0 aliphatic carbocycles. The highest BCUT2D eigenvalue weighted by atomic mass is 35.5. The van der Waals surface area contributed by atoms with Crippen LogP contribution in [0.4, 0.5) is 0 Å². The van der Waals surface area contributed by atoms with Gasteiger partial charge in [0.05, 0.1) is 11.1 Å². The summed E-state index contributed by atoms with van der Waals surface area (Å²) in [6.45, 7) is 4.28. The minimum absolute atomic E-state index is 0. The molecule has 0 radical (unpaired) electrons. The van der Waals surface area contributed by atoms with Crippen LogP contribution in [0.1, 0.15) is 15.8 Å². The average Bonchev–Trinajstić information content (AvgIpc) is 3.05. The van der Waals surface area contributed by atoms with E-state index in [9.17, 15) is 0 Å². The molecule has 1 N–H and O–H groups in total. The van der Waals surface area contributed by atoms with Gasteiger partial charge < -0.3 is 5.32 Å². The molecule has 0 aromatic carbocycles. The first-order chi connectivity index (χ1) is 8.86. The van der Waals surface area contributed by atoms with E-state index < -0.39 is 0 Å². The lowest BCUT2D eigenvalue weighted by Crippen LogP contribution is -2.45. The van der Waals surface area contributed by atoms with Crippen LogP contribution in [0.15, 0.2) is 29.0 Å². The molecule has 7 heteroatoms. The van der Waals surface area contributed by atoms with Crippen molar-refractivity contribution >= 4 is 59.1 Å². The molecule has 3 rings (SSSR count). The molecular weight excluding hydrogens is 355 g/mol. The molecule has 0 bridgehead atoms. The second kappa shape index (κ2) is 8.59. The zero-order chi connectivity index (χ0) is 12.4. The maximum absolute atomic E-state index is 6.34. The fraction of sp³-hybridized carbons (Fsp3) is 0.385. The van der Waals surface area contributed by atoms with Crippen LogP contribution in [0.2, 0.25) is 5.02 Å². The molecule has 3 heterocycles. The maximum atomic E-state index is 6.34. The third kappa shape index (κ3) is 3.89. The van der Waals surface area contributed by atoms with Gasteiger partial charge in [-0.1, -0.05) is 17.7 Å². The number of piperazine rings is 1. The molecule has 0 unspecified atom stereocenters. The SMILES string of the molecule is Cl.Cl.Clc1ccsc1[C@@H](c1cccs1)N1CCNCC1. The third-order valence-electron chi connectivity index (χ3n) is 3.22. The Kier molecular flexibility index (Phi) is 7.83. The Hall–Kier alpha value is 0.190. The zero-order valence-corrected chi connectivity index (χ0v) is 14.8. The molecule has 1 aliphatic heterocycles. The number of nitrogens with one attached hydrogen (secondary N) is 1. The molecule has 20 heavy (non-hydrogen) atoms. The third-order valence-corrected chi connectivity index (χ3v) is 5.56. The van der Waals surface area contributed by atoms with Gasteiger partial charge in [-0.25, -0.2) is 0 Å². The number of thiophene rings is 2. The summed E-state index contributed by atoms with van der Waals surface area (Å²) in [5, 5.41) is 8.54. The Morgan fingerprint density at radius 3 is 2.40 bits per heavy atom. The second-order valence-electron chi connectivity index (χ2n) is 4.34. The van der Waals surface area contributed by atoms with E-state index in [1.165, 1.54) is 9.75 Å². The fourth-order valence-electron chi connectivity index (χ4n) is 2.36. The lowest BCUT2D eigenvalue weighted by atomic mass is 10.1. The van der Waals surface area contributed by atoms with Crippen LogP contribution in [0.5, 0.6) is 0 Å². The van der Waals surface area contributed by atoms with Gasteiger partial charge in [-0.05, 0) is 22.9 Å². The van der Waals surface area contributed by atoms with Gasteiger partial charge in [0.2, 0.25) is 0 Å². The molecule has 1 aliphatic rings. The summed E-state index contributed by atoms with van der Waals surface area (Å²) >= 11 is 9.92. The molecular formula is C13H17Cl3N2S2. The number of hydrogen-bond acceptors (Lipinski definition) is 4. The van der Waals surface area contributed by atoms with Crippen molar-refractivity contribution in [2.45, 2.75) is 6.04 Å². The predicted octanol–water partition coefficient (Wildman–Crippen LogP) is 4.30. The zero-order valence-electron chi connectivity index (χ0n) is 10.8. The molecule has 2 aromatic rings. The van der Waals surface area contributed by atoms with Gasteiger partial charge in [0.25, 0.3) is 0 Å². The Balaban J connectivity index is 0.000001000. The summed E-state index contributed by atoms with van der Waals surface area (Å²) in [7, 11) is 0. The molecule has 2 nitrogen and oxygen atoms in total. The smallest absolute Gasteiger partial charge is 0.0805 e. The van der Waals surface area contributed by atoms with Crippen molar-refractivity contribution < 1.29 is 0 Å². The fourth-order valence-corrected chi connectivity index (χ4v) is 4.62. The normalized spacial score (nSPS) is 17.1. The Labute approximate surface area is 145 Å². The van der Waals surface area contributed by atoms with Crippen LogP contribution in [0.3, 0.4) is 0 Å². The van der Waals surface area contributed by atoms with E-state index in [1.807, 2.05) is 17.4 Å². The monoisotopic (exact) mass is 370 g/mol.